The predicted octanol–water partition coefficient (Wildman–Crippen LogP) is 4.01. The number of hydrogen-bond donors (Lipinski definition) is 1. The zero-order valence-electron chi connectivity index (χ0n) is 15.2. The average molecular weight is 374 g/mol. The fourth-order valence-corrected chi connectivity index (χ4v) is 5.28. The highest BCUT2D eigenvalue weighted by molar-refractivity contribution is 7.17. The predicted molar refractivity (Wildman–Crippen MR) is 100 cm³/mol. The van der Waals surface area contributed by atoms with Gasteiger partial charge in [0.1, 0.15) is 11.6 Å². The van der Waals surface area contributed by atoms with Crippen LogP contribution >= 0.6 is 11.3 Å². The van der Waals surface area contributed by atoms with Crippen molar-refractivity contribution >= 4 is 16.3 Å². The number of thiazole rings is 1. The summed E-state index contributed by atoms with van der Waals surface area (Å²) in [5.74, 6) is 1.67. The normalized spacial score (nSPS) is 22.8. The largest absolute Gasteiger partial charge is 0.492 e. The monoisotopic (exact) mass is 374 g/mol. The number of halogens is 1. The quantitative estimate of drug-likeness (QED) is 0.753. The molecule has 26 heavy (non-hydrogen) atoms. The van der Waals surface area contributed by atoms with Crippen LogP contribution in [0.5, 0.6) is 5.88 Å². The number of aryl methyl sites for hydroxylation is 1. The molecule has 138 valence electrons. The van der Waals surface area contributed by atoms with E-state index >= 15 is 0 Å². The van der Waals surface area contributed by atoms with Gasteiger partial charge in [-0.3, -0.25) is 4.90 Å². The maximum Gasteiger partial charge on any atom is 0.230 e. The SMILES string of the molecule is Cc1nc2sc([C@H](c3ccc(F)cc3)N3C[C@H](C)C[C@H](C)C3)c(O)n2n1. The van der Waals surface area contributed by atoms with Crippen LogP contribution in [0.1, 0.15) is 42.6 Å². The fraction of sp³-hybridized carbons (Fsp3) is 0.474. The Kier molecular flexibility index (Phi) is 4.44. The lowest BCUT2D eigenvalue weighted by Crippen LogP contribution is -2.41. The number of aromatic hydroxyl groups is 1. The van der Waals surface area contributed by atoms with Crippen molar-refractivity contribution in [2.75, 3.05) is 13.1 Å². The van der Waals surface area contributed by atoms with Crippen molar-refractivity contribution < 1.29 is 9.50 Å². The lowest BCUT2D eigenvalue weighted by Gasteiger charge is -2.40. The van der Waals surface area contributed by atoms with Crippen LogP contribution in [0.4, 0.5) is 4.39 Å². The molecule has 3 heterocycles. The third-order valence-corrected chi connectivity index (χ3v) is 6.07. The first-order valence-corrected chi connectivity index (χ1v) is 9.78. The van der Waals surface area contributed by atoms with Crippen molar-refractivity contribution in [2.45, 2.75) is 33.2 Å². The van der Waals surface area contributed by atoms with Crippen molar-refractivity contribution in [1.82, 2.24) is 19.5 Å². The van der Waals surface area contributed by atoms with Crippen LogP contribution in [0.3, 0.4) is 0 Å². The molecule has 0 aliphatic carbocycles. The number of hydrogen-bond acceptors (Lipinski definition) is 5. The minimum Gasteiger partial charge on any atom is -0.492 e. The standard InChI is InChI=1S/C19H23FN4OS/c1-11-8-12(2)10-23(9-11)16(14-4-6-15(20)7-5-14)17-18(25)24-19(26-17)21-13(3)22-24/h4-7,11-12,16,25H,8-10H2,1-3H3/t11-,12+,16-/m0/s1. The minimum absolute atomic E-state index is 0.130. The van der Waals surface area contributed by atoms with Gasteiger partial charge in [-0.25, -0.2) is 9.37 Å². The number of aromatic nitrogens is 3. The van der Waals surface area contributed by atoms with E-state index < -0.39 is 0 Å². The second-order valence-corrected chi connectivity index (χ2v) is 8.51. The lowest BCUT2D eigenvalue weighted by molar-refractivity contribution is 0.112. The molecular weight excluding hydrogens is 351 g/mol. The molecule has 2 aromatic heterocycles. The maximum atomic E-state index is 13.5. The second-order valence-electron chi connectivity index (χ2n) is 7.50. The molecule has 1 saturated heterocycles. The van der Waals surface area contributed by atoms with Crippen molar-refractivity contribution in [3.05, 3.63) is 46.3 Å². The molecule has 3 atom stereocenters. The summed E-state index contributed by atoms with van der Waals surface area (Å²) in [6.07, 6.45) is 1.20. The van der Waals surface area contributed by atoms with Crippen molar-refractivity contribution in [3.8, 4) is 5.88 Å². The van der Waals surface area contributed by atoms with Crippen molar-refractivity contribution in [3.63, 3.8) is 0 Å². The molecule has 4 rings (SSSR count). The summed E-state index contributed by atoms with van der Waals surface area (Å²) in [5, 5.41) is 15.1. The first kappa shape index (κ1) is 17.4. The molecule has 1 aliphatic heterocycles. The van der Waals surface area contributed by atoms with Crippen molar-refractivity contribution in [1.29, 1.82) is 0 Å². The second kappa shape index (κ2) is 6.63. The Hall–Kier alpha value is -1.99. The highest BCUT2D eigenvalue weighted by Gasteiger charge is 2.33. The summed E-state index contributed by atoms with van der Waals surface area (Å²) >= 11 is 1.45. The number of likely N-dealkylation sites (tertiary alicyclic amines) is 1. The summed E-state index contributed by atoms with van der Waals surface area (Å²) in [6.45, 7) is 8.22. The summed E-state index contributed by atoms with van der Waals surface area (Å²) in [4.78, 5) is 8.28. The van der Waals surface area contributed by atoms with Crippen LogP contribution in [-0.4, -0.2) is 37.7 Å². The smallest absolute Gasteiger partial charge is 0.230 e. The van der Waals surface area contributed by atoms with Crippen LogP contribution in [-0.2, 0) is 0 Å². The van der Waals surface area contributed by atoms with Crippen molar-refractivity contribution in [2.24, 2.45) is 11.8 Å². The molecule has 1 N–H and O–H groups in total. The zero-order chi connectivity index (χ0) is 18.4. The van der Waals surface area contributed by atoms with E-state index in [2.05, 4.69) is 28.8 Å². The van der Waals surface area contributed by atoms with Gasteiger partial charge < -0.3 is 5.11 Å². The Morgan fingerprint density at radius 3 is 2.46 bits per heavy atom. The van der Waals surface area contributed by atoms with Gasteiger partial charge in [-0.15, -0.1) is 5.10 Å². The first-order valence-electron chi connectivity index (χ1n) is 8.97. The molecule has 0 radical (unpaired) electrons. The molecule has 0 unspecified atom stereocenters. The van der Waals surface area contributed by atoms with Gasteiger partial charge in [0.05, 0.1) is 10.9 Å². The molecule has 1 aromatic carbocycles. The lowest BCUT2D eigenvalue weighted by atomic mass is 9.89. The number of nitrogens with zero attached hydrogens (tertiary/aromatic N) is 4. The molecule has 0 bridgehead atoms. The van der Waals surface area contributed by atoms with Crippen LogP contribution in [0.25, 0.3) is 4.96 Å². The highest BCUT2D eigenvalue weighted by atomic mass is 32.1. The van der Waals surface area contributed by atoms with E-state index in [9.17, 15) is 9.50 Å². The minimum atomic E-state index is -0.254. The molecule has 7 heteroatoms. The van der Waals surface area contributed by atoms with E-state index in [0.29, 0.717) is 22.6 Å². The van der Waals surface area contributed by atoms with E-state index in [1.807, 2.05) is 19.1 Å². The molecule has 0 spiro atoms. The number of rotatable bonds is 3. The van der Waals surface area contributed by atoms with Gasteiger partial charge in [0.2, 0.25) is 10.8 Å². The topological polar surface area (TPSA) is 53.7 Å². The van der Waals surface area contributed by atoms with Crippen LogP contribution in [0.2, 0.25) is 0 Å². The summed E-state index contributed by atoms with van der Waals surface area (Å²) < 4.78 is 15.0. The van der Waals surface area contributed by atoms with Gasteiger partial charge in [0, 0.05) is 13.1 Å². The number of benzene rings is 1. The van der Waals surface area contributed by atoms with Gasteiger partial charge in [-0.1, -0.05) is 37.3 Å². The third-order valence-electron chi connectivity index (χ3n) is 5.00. The van der Waals surface area contributed by atoms with Crippen LogP contribution in [0, 0.1) is 24.6 Å². The zero-order valence-corrected chi connectivity index (χ0v) is 16.0. The summed E-state index contributed by atoms with van der Waals surface area (Å²) in [5.41, 5.74) is 0.976. The van der Waals surface area contributed by atoms with E-state index in [4.69, 9.17) is 0 Å². The van der Waals surface area contributed by atoms with Gasteiger partial charge in [-0.05, 0) is 42.9 Å². The van der Waals surface area contributed by atoms with Crippen LogP contribution in [0.15, 0.2) is 24.3 Å². The Labute approximate surface area is 156 Å². The van der Waals surface area contributed by atoms with Gasteiger partial charge in [0.25, 0.3) is 0 Å². The molecule has 1 aliphatic rings. The van der Waals surface area contributed by atoms with Gasteiger partial charge in [-0.2, -0.15) is 4.52 Å². The maximum absolute atomic E-state index is 13.5. The molecule has 1 fully saturated rings. The molecule has 0 saturated carbocycles. The van der Waals surface area contributed by atoms with E-state index in [-0.39, 0.29) is 17.7 Å². The Morgan fingerprint density at radius 1 is 1.19 bits per heavy atom. The average Bonchev–Trinajstić information content (AvgIpc) is 3.07. The fourth-order valence-electron chi connectivity index (χ4n) is 4.12. The molecule has 0 amide bonds. The van der Waals surface area contributed by atoms with Gasteiger partial charge >= 0.3 is 0 Å². The Morgan fingerprint density at radius 2 is 1.85 bits per heavy atom. The number of piperidine rings is 1. The summed E-state index contributed by atoms with van der Waals surface area (Å²) in [6, 6.07) is 6.46. The van der Waals surface area contributed by atoms with E-state index in [1.165, 1.54) is 34.4 Å². The number of fused-ring (bicyclic) bond motifs is 1. The Balaban J connectivity index is 1.82. The molecule has 3 aromatic rings. The van der Waals surface area contributed by atoms with E-state index in [1.54, 1.807) is 0 Å². The third kappa shape index (κ3) is 3.10. The molecular formula is C19H23FN4OS. The van der Waals surface area contributed by atoms with Crippen LogP contribution < -0.4 is 0 Å². The van der Waals surface area contributed by atoms with Gasteiger partial charge in [0.15, 0.2) is 0 Å². The summed E-state index contributed by atoms with van der Waals surface area (Å²) in [7, 11) is 0. The highest BCUT2D eigenvalue weighted by Crippen LogP contribution is 2.41. The first-order chi connectivity index (χ1) is 12.4. The molecule has 5 nitrogen and oxygen atoms in total. The van der Waals surface area contributed by atoms with E-state index in [0.717, 1.165) is 23.5 Å². The Bertz CT molecular complexity index is 910.